The van der Waals surface area contributed by atoms with Crippen LogP contribution in [0.15, 0.2) is 42.5 Å². The molecule has 154 valence electrons. The molecular formula is C22H25NO6. The third kappa shape index (κ3) is 6.07. The first-order chi connectivity index (χ1) is 13.8. The zero-order valence-electron chi connectivity index (χ0n) is 17.0. The van der Waals surface area contributed by atoms with Gasteiger partial charge in [0.2, 0.25) is 0 Å². The Bertz CT molecular complexity index is 875. The molecule has 7 heteroatoms. The lowest BCUT2D eigenvalue weighted by atomic mass is 10.1. The van der Waals surface area contributed by atoms with Gasteiger partial charge in [0.05, 0.1) is 18.8 Å². The Hall–Kier alpha value is -3.35. The highest BCUT2D eigenvalue weighted by molar-refractivity contribution is 5.98. The predicted octanol–water partition coefficient (Wildman–Crippen LogP) is 3.87. The lowest BCUT2D eigenvalue weighted by molar-refractivity contribution is -0.123. The van der Waals surface area contributed by atoms with E-state index in [-0.39, 0.29) is 11.3 Å². The fraction of sp³-hybridized carbons (Fsp3) is 0.318. The molecule has 2 aromatic rings. The maximum atomic E-state index is 12.4. The van der Waals surface area contributed by atoms with Gasteiger partial charge in [-0.3, -0.25) is 9.59 Å². The summed E-state index contributed by atoms with van der Waals surface area (Å²) in [5, 5.41) is 2.65. The van der Waals surface area contributed by atoms with Crippen molar-refractivity contribution in [2.45, 2.75) is 33.8 Å². The summed E-state index contributed by atoms with van der Waals surface area (Å²) in [5.74, 6) is -0.224. The predicted molar refractivity (Wildman–Crippen MR) is 109 cm³/mol. The van der Waals surface area contributed by atoms with E-state index in [1.165, 1.54) is 19.9 Å². The van der Waals surface area contributed by atoms with Gasteiger partial charge in [0.25, 0.3) is 5.91 Å². The summed E-state index contributed by atoms with van der Waals surface area (Å²) in [6.45, 7) is 7.51. The average molecular weight is 399 g/mol. The van der Waals surface area contributed by atoms with Gasteiger partial charge >= 0.3 is 5.97 Å². The van der Waals surface area contributed by atoms with Gasteiger partial charge in [-0.2, -0.15) is 0 Å². The van der Waals surface area contributed by atoms with E-state index in [1.807, 2.05) is 13.8 Å². The number of amides is 1. The molecule has 29 heavy (non-hydrogen) atoms. The second-order valence-corrected chi connectivity index (χ2v) is 6.20. The first-order valence-corrected chi connectivity index (χ1v) is 9.38. The van der Waals surface area contributed by atoms with Gasteiger partial charge in [0, 0.05) is 11.3 Å². The highest BCUT2D eigenvalue weighted by Gasteiger charge is 2.20. The van der Waals surface area contributed by atoms with Gasteiger partial charge in [-0.1, -0.05) is 0 Å². The van der Waals surface area contributed by atoms with Crippen molar-refractivity contribution < 1.29 is 28.6 Å². The number of ether oxygens (including phenoxy) is 3. The molecule has 0 unspecified atom stereocenters. The van der Waals surface area contributed by atoms with Crippen LogP contribution in [0, 0.1) is 0 Å². The van der Waals surface area contributed by atoms with Crippen LogP contribution in [0.3, 0.4) is 0 Å². The maximum Gasteiger partial charge on any atom is 0.339 e. The molecule has 1 amide bonds. The van der Waals surface area contributed by atoms with Gasteiger partial charge in [0.1, 0.15) is 0 Å². The van der Waals surface area contributed by atoms with Gasteiger partial charge in [-0.25, -0.2) is 4.79 Å². The minimum Gasteiger partial charge on any atom is -0.490 e. The Morgan fingerprint density at radius 2 is 1.48 bits per heavy atom. The maximum absolute atomic E-state index is 12.4. The summed E-state index contributed by atoms with van der Waals surface area (Å²) in [4.78, 5) is 36.0. The number of ketones is 1. The number of anilines is 1. The average Bonchev–Trinajstić information content (AvgIpc) is 2.69. The van der Waals surface area contributed by atoms with Crippen molar-refractivity contribution in [2.75, 3.05) is 18.5 Å². The lowest BCUT2D eigenvalue weighted by Gasteiger charge is -2.15. The highest BCUT2D eigenvalue weighted by atomic mass is 16.5. The number of benzene rings is 2. The van der Waals surface area contributed by atoms with E-state index >= 15 is 0 Å². The zero-order valence-corrected chi connectivity index (χ0v) is 17.0. The normalized spacial score (nSPS) is 11.3. The summed E-state index contributed by atoms with van der Waals surface area (Å²) in [7, 11) is 0. The minimum atomic E-state index is -1.02. The summed E-state index contributed by atoms with van der Waals surface area (Å²) in [5.41, 5.74) is 1.30. The minimum absolute atomic E-state index is 0.0630. The number of rotatable bonds is 9. The quantitative estimate of drug-likeness (QED) is 0.508. The van der Waals surface area contributed by atoms with E-state index in [1.54, 1.807) is 36.4 Å². The van der Waals surface area contributed by atoms with E-state index in [0.717, 1.165) is 0 Å². The van der Waals surface area contributed by atoms with E-state index in [9.17, 15) is 14.4 Å². The molecule has 0 fully saturated rings. The largest absolute Gasteiger partial charge is 0.490 e. The molecule has 0 radical (unpaired) electrons. The number of Topliss-reactive ketones (excluding diaryl/α,β-unsaturated/α-hetero) is 1. The van der Waals surface area contributed by atoms with Crippen LogP contribution in [0.4, 0.5) is 5.69 Å². The first kappa shape index (κ1) is 21.9. The van der Waals surface area contributed by atoms with E-state index in [2.05, 4.69) is 5.32 Å². The van der Waals surface area contributed by atoms with Crippen LogP contribution in [0.1, 0.15) is 48.4 Å². The Morgan fingerprint density at radius 3 is 2.07 bits per heavy atom. The SMILES string of the molecule is CCOc1ccc(C(=O)O[C@@H](C)C(=O)Nc2ccc(C(C)=O)cc2)cc1OCC. The Kier molecular flexibility index (Phi) is 7.77. The molecule has 0 saturated heterocycles. The zero-order chi connectivity index (χ0) is 21.4. The lowest BCUT2D eigenvalue weighted by Crippen LogP contribution is -2.30. The Balaban J connectivity index is 2.02. The number of hydrogen-bond donors (Lipinski definition) is 1. The molecule has 1 N–H and O–H groups in total. The highest BCUT2D eigenvalue weighted by Crippen LogP contribution is 2.29. The molecule has 7 nitrogen and oxygen atoms in total. The van der Waals surface area contributed by atoms with E-state index < -0.39 is 18.0 Å². The Labute approximate surface area is 170 Å². The molecule has 0 bridgehead atoms. The van der Waals surface area contributed by atoms with Crippen molar-refractivity contribution in [1.29, 1.82) is 0 Å². The second-order valence-electron chi connectivity index (χ2n) is 6.20. The molecule has 2 rings (SSSR count). The van der Waals surface area contributed by atoms with E-state index in [0.29, 0.717) is 36.0 Å². The van der Waals surface area contributed by atoms with Crippen LogP contribution in [-0.2, 0) is 9.53 Å². The topological polar surface area (TPSA) is 90.9 Å². The fourth-order valence-corrected chi connectivity index (χ4v) is 2.49. The van der Waals surface area contributed by atoms with Crippen LogP contribution in [-0.4, -0.2) is 37.0 Å². The van der Waals surface area contributed by atoms with Gasteiger partial charge in [0.15, 0.2) is 23.4 Å². The van der Waals surface area contributed by atoms with Crippen molar-refractivity contribution in [1.82, 2.24) is 0 Å². The van der Waals surface area contributed by atoms with Gasteiger partial charge in [-0.05, 0) is 70.2 Å². The third-order valence-corrected chi connectivity index (χ3v) is 3.99. The number of nitrogens with one attached hydrogen (secondary N) is 1. The van der Waals surface area contributed by atoms with Crippen LogP contribution in [0.5, 0.6) is 11.5 Å². The van der Waals surface area contributed by atoms with Gasteiger partial charge in [-0.15, -0.1) is 0 Å². The summed E-state index contributed by atoms with van der Waals surface area (Å²) in [6.07, 6.45) is -1.02. The molecular weight excluding hydrogens is 374 g/mol. The molecule has 0 saturated carbocycles. The number of hydrogen-bond acceptors (Lipinski definition) is 6. The molecule has 0 spiro atoms. The van der Waals surface area contributed by atoms with Crippen LogP contribution >= 0.6 is 0 Å². The Morgan fingerprint density at radius 1 is 0.897 bits per heavy atom. The summed E-state index contributed by atoms with van der Waals surface area (Å²) >= 11 is 0. The molecule has 0 aliphatic heterocycles. The second kappa shape index (κ2) is 10.3. The molecule has 2 aromatic carbocycles. The summed E-state index contributed by atoms with van der Waals surface area (Å²) in [6, 6.07) is 11.2. The molecule has 0 aliphatic carbocycles. The first-order valence-electron chi connectivity index (χ1n) is 9.38. The molecule has 1 atom stereocenters. The van der Waals surface area contributed by atoms with Crippen molar-refractivity contribution in [3.63, 3.8) is 0 Å². The summed E-state index contributed by atoms with van der Waals surface area (Å²) < 4.78 is 16.2. The van der Waals surface area contributed by atoms with E-state index in [4.69, 9.17) is 14.2 Å². The van der Waals surface area contributed by atoms with Crippen molar-refractivity contribution >= 4 is 23.3 Å². The van der Waals surface area contributed by atoms with Crippen molar-refractivity contribution in [3.05, 3.63) is 53.6 Å². The number of carbonyl (C=O) groups is 3. The van der Waals surface area contributed by atoms with Crippen LogP contribution in [0.2, 0.25) is 0 Å². The van der Waals surface area contributed by atoms with Crippen molar-refractivity contribution in [3.8, 4) is 11.5 Å². The number of esters is 1. The molecule has 0 aliphatic rings. The molecule has 0 heterocycles. The van der Waals surface area contributed by atoms with Crippen LogP contribution < -0.4 is 14.8 Å². The molecule has 0 aromatic heterocycles. The smallest absolute Gasteiger partial charge is 0.339 e. The standard InChI is InChI=1S/C22H25NO6/c1-5-27-19-12-9-17(13-20(19)28-6-2)22(26)29-15(4)21(25)23-18-10-7-16(8-11-18)14(3)24/h7-13,15H,5-6H2,1-4H3,(H,23,25)/t15-/m0/s1. The van der Waals surface area contributed by atoms with Crippen LogP contribution in [0.25, 0.3) is 0 Å². The van der Waals surface area contributed by atoms with Gasteiger partial charge < -0.3 is 19.5 Å². The monoisotopic (exact) mass is 399 g/mol. The van der Waals surface area contributed by atoms with Crippen molar-refractivity contribution in [2.24, 2.45) is 0 Å². The number of carbonyl (C=O) groups excluding carboxylic acids is 3. The third-order valence-electron chi connectivity index (χ3n) is 3.99. The fourth-order valence-electron chi connectivity index (χ4n) is 2.49.